The molecule has 0 radical (unpaired) electrons. The van der Waals surface area contributed by atoms with E-state index in [2.05, 4.69) is 121 Å². The molecule has 69 heavy (non-hydrogen) atoms. The van der Waals surface area contributed by atoms with Gasteiger partial charge in [-0.15, -0.1) is 0 Å². The van der Waals surface area contributed by atoms with Gasteiger partial charge in [-0.2, -0.15) is 10.2 Å². The van der Waals surface area contributed by atoms with Gasteiger partial charge >= 0.3 is 0 Å². The maximum absolute atomic E-state index is 15.3. The monoisotopic (exact) mass is 966 g/mol. The average molecular weight is 968 g/mol. The Morgan fingerprint density at radius 1 is 0.551 bits per heavy atom. The number of H-pyrrole nitrogens is 2. The lowest BCUT2D eigenvalue weighted by Crippen LogP contribution is -2.19. The van der Waals surface area contributed by atoms with Crippen LogP contribution in [0.4, 0.5) is 13.2 Å². The van der Waals surface area contributed by atoms with Gasteiger partial charge in [0.1, 0.15) is 5.82 Å². The van der Waals surface area contributed by atoms with Crippen molar-refractivity contribution in [1.29, 1.82) is 0 Å². The molecule has 0 atom stereocenters. The molecule has 4 N–H and O–H groups in total. The molecule has 0 fully saturated rings. The quantitative estimate of drug-likeness (QED) is 0.0645. The Morgan fingerprint density at radius 2 is 1.03 bits per heavy atom. The molecule has 0 saturated heterocycles. The summed E-state index contributed by atoms with van der Waals surface area (Å²) in [6.45, 7) is 7.54. The van der Waals surface area contributed by atoms with Crippen LogP contribution in [0.3, 0.4) is 0 Å². The van der Waals surface area contributed by atoms with Crippen molar-refractivity contribution in [3.05, 3.63) is 177 Å². The number of benzene rings is 6. The van der Waals surface area contributed by atoms with Gasteiger partial charge in [0.05, 0.1) is 75.8 Å². The number of aromatic amines is 2. The van der Waals surface area contributed by atoms with Crippen molar-refractivity contribution >= 4 is 66.8 Å². The Bertz CT molecular complexity index is 3350. The van der Waals surface area contributed by atoms with Gasteiger partial charge in [0.2, 0.25) is 0 Å². The minimum absolute atomic E-state index is 0.246. The highest BCUT2D eigenvalue weighted by molar-refractivity contribution is 6.41. The molecule has 0 saturated carbocycles. The van der Waals surface area contributed by atoms with E-state index in [1.807, 2.05) is 48.7 Å². The summed E-state index contributed by atoms with van der Waals surface area (Å²) in [4.78, 5) is 0. The summed E-state index contributed by atoms with van der Waals surface area (Å²) in [6.07, 6.45) is 6.32. The van der Waals surface area contributed by atoms with Gasteiger partial charge in [0.15, 0.2) is 0 Å². The van der Waals surface area contributed by atoms with Crippen molar-refractivity contribution in [1.82, 2.24) is 40.2 Å². The summed E-state index contributed by atoms with van der Waals surface area (Å²) in [5.41, 5.74) is 14.2. The Balaban J connectivity index is 0.000000172. The van der Waals surface area contributed by atoms with Gasteiger partial charge in [0.25, 0.3) is 0 Å². The first-order valence-corrected chi connectivity index (χ1v) is 24.3. The van der Waals surface area contributed by atoms with Crippen molar-refractivity contribution in [2.75, 3.05) is 39.5 Å². The van der Waals surface area contributed by atoms with Crippen LogP contribution in [0.2, 0.25) is 10.0 Å². The van der Waals surface area contributed by atoms with Gasteiger partial charge in [-0.1, -0.05) is 108 Å². The first kappa shape index (κ1) is 47.7. The third-order valence-corrected chi connectivity index (χ3v) is 13.7. The van der Waals surface area contributed by atoms with Crippen LogP contribution in [0, 0.1) is 19.7 Å². The van der Waals surface area contributed by atoms with Crippen LogP contribution in [0.25, 0.3) is 66.1 Å². The van der Waals surface area contributed by atoms with Gasteiger partial charge in [0, 0.05) is 44.8 Å². The van der Waals surface area contributed by atoms with Crippen molar-refractivity contribution < 1.29 is 13.2 Å². The lowest BCUT2D eigenvalue weighted by atomic mass is 10.0. The predicted molar refractivity (Wildman–Crippen MR) is 279 cm³/mol. The largest absolute Gasteiger partial charge is 0.335 e. The summed E-state index contributed by atoms with van der Waals surface area (Å²) in [6, 6.07) is 38.8. The Morgan fingerprint density at radius 3 is 1.54 bits per heavy atom. The molecule has 4 heterocycles. The van der Waals surface area contributed by atoms with E-state index in [1.54, 1.807) is 12.3 Å². The average Bonchev–Trinajstić information content (AvgIpc) is 4.15. The fraction of sp³-hybridized carbons (Fsp3) is 0.250. The molecule has 0 aliphatic heterocycles. The standard InChI is InChI=1S/C28H27ClF2N4.C28H28ClFN4/c1-18-5-2-3-6-21(18)28-27(29)26-22-16-33-34-24(22)9-10-25(26)35(28)17-20-8-7-19(15-23(20)31)11-14-32-13-4-12-30;1-19-5-2-3-6-22(19)28-27(29)26-23-17-32-33-24(23)11-12-25(26)34(28)18-21-9-7-20(8-10-21)13-16-31-15-4-14-30/h2-3,5-10,15-16,32H,4,11-14,17H2,1H3,(H,33,34);2-3,5-12,17,31H,4,13-16,18H2,1H3,(H,32,33). The fourth-order valence-corrected chi connectivity index (χ4v) is 10.1. The number of nitrogens with zero attached hydrogens (tertiary/aromatic N) is 4. The zero-order valence-corrected chi connectivity index (χ0v) is 40.3. The summed E-state index contributed by atoms with van der Waals surface area (Å²) in [5, 5.41) is 26.3. The third-order valence-electron chi connectivity index (χ3n) is 12.9. The van der Waals surface area contributed by atoms with E-state index < -0.39 is 0 Å². The molecule has 10 aromatic rings. The smallest absolute Gasteiger partial charge is 0.128 e. The molecule has 0 aliphatic carbocycles. The molecular formula is C56H55Cl2F3N8. The summed E-state index contributed by atoms with van der Waals surface area (Å²) in [5.74, 6) is -0.246. The van der Waals surface area contributed by atoms with Gasteiger partial charge < -0.3 is 19.8 Å². The summed E-state index contributed by atoms with van der Waals surface area (Å²) in [7, 11) is 0. The van der Waals surface area contributed by atoms with Crippen molar-refractivity contribution in [3.63, 3.8) is 0 Å². The highest BCUT2D eigenvalue weighted by atomic mass is 35.5. The van der Waals surface area contributed by atoms with Gasteiger partial charge in [-0.05, 0) is 124 Å². The third kappa shape index (κ3) is 10.2. The zero-order chi connectivity index (χ0) is 47.9. The SMILES string of the molecule is Cc1ccccc1-c1c(Cl)c2c3cn[nH]c3ccc2n1Cc1ccc(CCNCCCF)cc1.Cc1ccccc1-c1c(Cl)c2c3cn[nH]c3ccc2n1Cc1ccc(CCNCCCF)cc1F. The topological polar surface area (TPSA) is 91.3 Å². The van der Waals surface area contributed by atoms with Crippen molar-refractivity contribution in [2.24, 2.45) is 0 Å². The van der Waals surface area contributed by atoms with Crippen LogP contribution in [0.15, 0.2) is 128 Å². The Kier molecular flexibility index (Phi) is 15.2. The maximum atomic E-state index is 15.3. The van der Waals surface area contributed by atoms with Gasteiger partial charge in [-0.3, -0.25) is 19.0 Å². The van der Waals surface area contributed by atoms with E-state index in [1.165, 1.54) is 16.7 Å². The van der Waals surface area contributed by atoms with Crippen molar-refractivity contribution in [2.45, 2.75) is 52.6 Å². The molecule has 6 aromatic carbocycles. The molecule has 0 spiro atoms. The Hall–Kier alpha value is -6.37. The normalized spacial score (nSPS) is 11.6. The second-order valence-electron chi connectivity index (χ2n) is 17.5. The molecule has 0 unspecified atom stereocenters. The molecule has 0 bridgehead atoms. The van der Waals surface area contributed by atoms with Crippen LogP contribution in [-0.4, -0.2) is 69.1 Å². The number of halogens is 5. The summed E-state index contributed by atoms with van der Waals surface area (Å²) >= 11 is 14.1. The number of nitrogens with one attached hydrogen (secondary N) is 4. The van der Waals surface area contributed by atoms with Crippen molar-refractivity contribution in [3.8, 4) is 22.5 Å². The van der Waals surface area contributed by atoms with E-state index in [0.29, 0.717) is 56.0 Å². The van der Waals surface area contributed by atoms with Crippen LogP contribution in [0.1, 0.15) is 46.2 Å². The van der Waals surface area contributed by atoms with Gasteiger partial charge in [-0.25, -0.2) is 4.39 Å². The minimum Gasteiger partial charge on any atom is -0.335 e. The lowest BCUT2D eigenvalue weighted by Gasteiger charge is -2.15. The van der Waals surface area contributed by atoms with E-state index in [4.69, 9.17) is 23.2 Å². The fourth-order valence-electron chi connectivity index (χ4n) is 9.31. The lowest BCUT2D eigenvalue weighted by molar-refractivity contribution is 0.460. The number of aryl methyl sites for hydroxylation is 2. The predicted octanol–water partition coefficient (Wildman–Crippen LogP) is 13.5. The van der Waals surface area contributed by atoms with Crippen LogP contribution >= 0.6 is 23.2 Å². The van der Waals surface area contributed by atoms with Crippen LogP contribution < -0.4 is 10.6 Å². The van der Waals surface area contributed by atoms with E-state index in [9.17, 15) is 8.78 Å². The molecule has 8 nitrogen and oxygen atoms in total. The molecular weight excluding hydrogens is 913 g/mol. The Labute approximate surface area is 409 Å². The molecule has 4 aromatic heterocycles. The molecule has 13 heteroatoms. The molecule has 10 rings (SSSR count). The summed E-state index contributed by atoms with van der Waals surface area (Å²) < 4.78 is 44.1. The molecule has 0 aliphatic rings. The van der Waals surface area contributed by atoms with E-state index in [0.717, 1.165) is 102 Å². The number of hydrogen-bond acceptors (Lipinski definition) is 4. The van der Waals surface area contributed by atoms with Crippen LogP contribution in [0.5, 0.6) is 0 Å². The van der Waals surface area contributed by atoms with E-state index >= 15 is 4.39 Å². The first-order chi connectivity index (χ1) is 33.7. The number of fused-ring (bicyclic) bond motifs is 6. The minimum atomic E-state index is -0.328. The second-order valence-corrected chi connectivity index (χ2v) is 18.3. The number of rotatable bonds is 18. The van der Waals surface area contributed by atoms with Crippen LogP contribution in [-0.2, 0) is 25.9 Å². The zero-order valence-electron chi connectivity index (χ0n) is 38.8. The highest BCUT2D eigenvalue weighted by Gasteiger charge is 2.23. The number of hydrogen-bond donors (Lipinski definition) is 4. The molecule has 354 valence electrons. The first-order valence-electron chi connectivity index (χ1n) is 23.5. The second kappa shape index (κ2) is 21.9. The highest BCUT2D eigenvalue weighted by Crippen LogP contribution is 2.44. The molecule has 0 amide bonds. The van der Waals surface area contributed by atoms with E-state index in [-0.39, 0.29) is 19.2 Å². The number of aromatic nitrogens is 6. The maximum Gasteiger partial charge on any atom is 0.128 e. The number of alkyl halides is 2.